The Labute approximate surface area is 100 Å². The lowest BCUT2D eigenvalue weighted by Gasteiger charge is -2.06. The van der Waals surface area contributed by atoms with Crippen LogP contribution in [0.25, 0.3) is 0 Å². The highest BCUT2D eigenvalue weighted by Gasteiger charge is 1.95. The number of unbranched alkanes of at least 4 members (excludes halogenated alkanes) is 5. The number of ether oxygens (including phenoxy) is 2. The van der Waals surface area contributed by atoms with Crippen molar-refractivity contribution < 1.29 is 14.6 Å². The molecule has 3 nitrogen and oxygen atoms in total. The van der Waals surface area contributed by atoms with Gasteiger partial charge in [0.1, 0.15) is 0 Å². The first-order valence-corrected chi connectivity index (χ1v) is 6.64. The van der Waals surface area contributed by atoms with E-state index in [0.29, 0.717) is 6.61 Å². The van der Waals surface area contributed by atoms with E-state index in [-0.39, 0.29) is 0 Å². The van der Waals surface area contributed by atoms with Crippen molar-refractivity contribution in [1.82, 2.24) is 0 Å². The van der Waals surface area contributed by atoms with Crippen LogP contribution in [0.3, 0.4) is 0 Å². The van der Waals surface area contributed by atoms with Gasteiger partial charge in [-0.15, -0.1) is 0 Å². The molecule has 0 heterocycles. The molecule has 3 heteroatoms. The number of rotatable bonds is 12. The highest BCUT2D eigenvalue weighted by molar-refractivity contribution is 4.43. The molecule has 0 aromatic rings. The summed E-state index contributed by atoms with van der Waals surface area (Å²) < 4.78 is 10.5. The van der Waals surface area contributed by atoms with E-state index in [1.807, 2.05) is 0 Å². The van der Waals surface area contributed by atoms with E-state index in [4.69, 9.17) is 14.6 Å². The van der Waals surface area contributed by atoms with E-state index in [1.54, 1.807) is 6.92 Å². The Morgan fingerprint density at radius 1 is 0.875 bits per heavy atom. The fourth-order valence-electron chi connectivity index (χ4n) is 1.47. The molecule has 0 aromatic carbocycles. The normalized spacial score (nSPS) is 12.9. The summed E-state index contributed by atoms with van der Waals surface area (Å²) in [5.41, 5.74) is 0. The lowest BCUT2D eigenvalue weighted by Crippen LogP contribution is -2.08. The van der Waals surface area contributed by atoms with Crippen LogP contribution in [0.15, 0.2) is 0 Å². The minimum atomic E-state index is -0.639. The van der Waals surface area contributed by atoms with Gasteiger partial charge in [-0.2, -0.15) is 0 Å². The number of hydrogen-bond donors (Lipinski definition) is 1. The molecule has 1 atom stereocenters. The van der Waals surface area contributed by atoms with Gasteiger partial charge < -0.3 is 14.6 Å². The van der Waals surface area contributed by atoms with E-state index < -0.39 is 6.29 Å². The molecule has 0 spiro atoms. The molecule has 16 heavy (non-hydrogen) atoms. The second-order valence-electron chi connectivity index (χ2n) is 4.20. The number of aliphatic hydroxyl groups is 1. The standard InChI is InChI=1S/C13H28O3/c1-3-4-5-6-7-10-15-11-8-9-12-16-13(2)14/h13-14H,3-12H2,1-2H3. The minimum Gasteiger partial charge on any atom is -0.381 e. The molecular weight excluding hydrogens is 204 g/mol. The van der Waals surface area contributed by atoms with Crippen molar-refractivity contribution in [2.24, 2.45) is 0 Å². The van der Waals surface area contributed by atoms with Gasteiger partial charge in [0, 0.05) is 19.8 Å². The molecule has 98 valence electrons. The van der Waals surface area contributed by atoms with Crippen molar-refractivity contribution in [3.8, 4) is 0 Å². The van der Waals surface area contributed by atoms with Crippen molar-refractivity contribution in [2.75, 3.05) is 19.8 Å². The predicted molar refractivity (Wildman–Crippen MR) is 66.4 cm³/mol. The zero-order valence-electron chi connectivity index (χ0n) is 10.9. The second-order valence-corrected chi connectivity index (χ2v) is 4.20. The summed E-state index contributed by atoms with van der Waals surface area (Å²) in [5.74, 6) is 0. The fraction of sp³-hybridized carbons (Fsp3) is 1.00. The third-order valence-electron chi connectivity index (χ3n) is 2.43. The Morgan fingerprint density at radius 3 is 2.06 bits per heavy atom. The van der Waals surface area contributed by atoms with E-state index in [1.165, 1.54) is 32.1 Å². The molecule has 0 aromatic heterocycles. The summed E-state index contributed by atoms with van der Waals surface area (Å²) in [7, 11) is 0. The number of hydrogen-bond acceptors (Lipinski definition) is 3. The van der Waals surface area contributed by atoms with Crippen LogP contribution >= 0.6 is 0 Å². The SMILES string of the molecule is CCCCCCCOCCCCOC(C)O. The van der Waals surface area contributed by atoms with Crippen LogP contribution in [-0.2, 0) is 9.47 Å². The van der Waals surface area contributed by atoms with Crippen LogP contribution in [0.2, 0.25) is 0 Å². The van der Waals surface area contributed by atoms with Crippen LogP contribution in [0.5, 0.6) is 0 Å². The van der Waals surface area contributed by atoms with Gasteiger partial charge in [0.2, 0.25) is 0 Å². The first-order chi connectivity index (χ1) is 7.77. The third kappa shape index (κ3) is 13.9. The second kappa shape index (κ2) is 12.9. The third-order valence-corrected chi connectivity index (χ3v) is 2.43. The minimum absolute atomic E-state index is 0.623. The summed E-state index contributed by atoms with van der Waals surface area (Å²) in [6.45, 7) is 6.19. The van der Waals surface area contributed by atoms with Gasteiger partial charge in [0.05, 0.1) is 0 Å². The molecule has 1 unspecified atom stereocenters. The average Bonchev–Trinajstić information content (AvgIpc) is 2.25. The quantitative estimate of drug-likeness (QED) is 0.415. The average molecular weight is 232 g/mol. The molecule has 0 saturated carbocycles. The Bertz CT molecular complexity index is 126. The van der Waals surface area contributed by atoms with Crippen LogP contribution in [0, 0.1) is 0 Å². The van der Waals surface area contributed by atoms with E-state index in [2.05, 4.69) is 6.92 Å². The van der Waals surface area contributed by atoms with Gasteiger partial charge in [-0.05, 0) is 26.2 Å². The zero-order chi connectivity index (χ0) is 12.1. The van der Waals surface area contributed by atoms with E-state index in [0.717, 1.165) is 26.1 Å². The maximum atomic E-state index is 8.84. The van der Waals surface area contributed by atoms with E-state index >= 15 is 0 Å². The van der Waals surface area contributed by atoms with Gasteiger partial charge in [-0.25, -0.2) is 0 Å². The first-order valence-electron chi connectivity index (χ1n) is 6.64. The summed E-state index contributed by atoms with van der Waals surface area (Å²) in [5, 5.41) is 8.84. The van der Waals surface area contributed by atoms with Crippen LogP contribution < -0.4 is 0 Å². The van der Waals surface area contributed by atoms with Crippen molar-refractivity contribution in [1.29, 1.82) is 0 Å². The summed E-state index contributed by atoms with van der Waals surface area (Å²) in [6, 6.07) is 0. The Hall–Kier alpha value is -0.120. The summed E-state index contributed by atoms with van der Waals surface area (Å²) in [6.07, 6.45) is 7.79. The van der Waals surface area contributed by atoms with Gasteiger partial charge in [0.15, 0.2) is 6.29 Å². The monoisotopic (exact) mass is 232 g/mol. The van der Waals surface area contributed by atoms with Crippen LogP contribution in [0.4, 0.5) is 0 Å². The Balaban J connectivity index is 2.88. The van der Waals surface area contributed by atoms with Crippen molar-refractivity contribution >= 4 is 0 Å². The fourth-order valence-corrected chi connectivity index (χ4v) is 1.47. The molecule has 1 N–H and O–H groups in total. The summed E-state index contributed by atoms with van der Waals surface area (Å²) >= 11 is 0. The molecule has 0 aliphatic carbocycles. The molecule has 0 saturated heterocycles. The van der Waals surface area contributed by atoms with Gasteiger partial charge in [0.25, 0.3) is 0 Å². The maximum absolute atomic E-state index is 8.84. The molecule has 0 radical (unpaired) electrons. The topological polar surface area (TPSA) is 38.7 Å². The molecule has 0 amide bonds. The molecule has 0 bridgehead atoms. The first kappa shape index (κ1) is 15.9. The van der Waals surface area contributed by atoms with Gasteiger partial charge in [-0.3, -0.25) is 0 Å². The van der Waals surface area contributed by atoms with E-state index in [9.17, 15) is 0 Å². The van der Waals surface area contributed by atoms with Crippen LogP contribution in [0.1, 0.15) is 58.8 Å². The highest BCUT2D eigenvalue weighted by atomic mass is 16.6. The van der Waals surface area contributed by atoms with Crippen molar-refractivity contribution in [3.05, 3.63) is 0 Å². The molecule has 0 aliphatic heterocycles. The lowest BCUT2D eigenvalue weighted by atomic mass is 10.2. The highest BCUT2D eigenvalue weighted by Crippen LogP contribution is 2.02. The van der Waals surface area contributed by atoms with Crippen molar-refractivity contribution in [3.63, 3.8) is 0 Å². The summed E-state index contributed by atoms with van der Waals surface area (Å²) in [4.78, 5) is 0. The molecule has 0 rings (SSSR count). The molecule has 0 fully saturated rings. The molecular formula is C13H28O3. The predicted octanol–water partition coefficient (Wildman–Crippen LogP) is 3.11. The largest absolute Gasteiger partial charge is 0.381 e. The number of aliphatic hydroxyl groups excluding tert-OH is 1. The Kier molecular flexibility index (Phi) is 12.9. The zero-order valence-corrected chi connectivity index (χ0v) is 10.9. The lowest BCUT2D eigenvalue weighted by molar-refractivity contribution is -0.0867. The van der Waals surface area contributed by atoms with Crippen molar-refractivity contribution in [2.45, 2.75) is 65.1 Å². The van der Waals surface area contributed by atoms with Gasteiger partial charge >= 0.3 is 0 Å². The van der Waals surface area contributed by atoms with Crippen LogP contribution in [-0.4, -0.2) is 31.2 Å². The maximum Gasteiger partial charge on any atom is 0.151 e. The van der Waals surface area contributed by atoms with Gasteiger partial charge in [-0.1, -0.05) is 32.6 Å². The Morgan fingerprint density at radius 2 is 1.44 bits per heavy atom. The molecule has 0 aliphatic rings. The smallest absolute Gasteiger partial charge is 0.151 e.